The molecule has 4 rings (SSSR count). The molecule has 1 atom stereocenters. The van der Waals surface area contributed by atoms with Crippen LogP contribution in [0.3, 0.4) is 0 Å². The van der Waals surface area contributed by atoms with Crippen molar-refractivity contribution < 1.29 is 13.9 Å². The molecule has 0 aliphatic carbocycles. The van der Waals surface area contributed by atoms with Crippen LogP contribution < -0.4 is 15.6 Å². The van der Waals surface area contributed by atoms with Crippen molar-refractivity contribution in [1.82, 2.24) is 25.1 Å². The van der Waals surface area contributed by atoms with Crippen LogP contribution in [-0.4, -0.2) is 32.3 Å². The van der Waals surface area contributed by atoms with Gasteiger partial charge in [-0.1, -0.05) is 6.07 Å². The second kappa shape index (κ2) is 7.41. The van der Waals surface area contributed by atoms with Gasteiger partial charge in [-0.3, -0.25) is 14.3 Å². The molecule has 2 N–H and O–H groups in total. The second-order valence-electron chi connectivity index (χ2n) is 6.81. The Morgan fingerprint density at radius 1 is 1.46 bits per heavy atom. The number of hydrogen-bond acceptors (Lipinski definition) is 5. The number of carbonyl (C=O) groups is 1. The Bertz CT molecular complexity index is 1090. The fraction of sp³-hybridized carbons (Fsp3) is 0.368. The van der Waals surface area contributed by atoms with Gasteiger partial charge < -0.3 is 15.0 Å². The van der Waals surface area contributed by atoms with E-state index < -0.39 is 0 Å². The van der Waals surface area contributed by atoms with E-state index in [1.165, 1.54) is 23.0 Å². The zero-order valence-corrected chi connectivity index (χ0v) is 15.4. The normalized spacial score (nSPS) is 16.3. The zero-order valence-electron chi connectivity index (χ0n) is 15.4. The van der Waals surface area contributed by atoms with Crippen molar-refractivity contribution in [2.45, 2.75) is 31.7 Å². The number of ether oxygens (including phenoxy) is 1. The predicted molar refractivity (Wildman–Crippen MR) is 99.5 cm³/mol. The molecule has 9 heteroatoms. The van der Waals surface area contributed by atoms with Crippen LogP contribution in [0.1, 0.15) is 36.7 Å². The molecule has 3 aromatic rings. The fourth-order valence-electron chi connectivity index (χ4n) is 3.39. The Kier molecular flexibility index (Phi) is 4.81. The highest BCUT2D eigenvalue weighted by atomic mass is 19.1. The Labute approximate surface area is 159 Å². The number of amides is 1. The van der Waals surface area contributed by atoms with E-state index in [0.717, 1.165) is 12.0 Å². The summed E-state index contributed by atoms with van der Waals surface area (Å²) < 4.78 is 20.6. The van der Waals surface area contributed by atoms with E-state index in [1.54, 1.807) is 13.1 Å². The highest BCUT2D eigenvalue weighted by molar-refractivity contribution is 5.77. The van der Waals surface area contributed by atoms with Crippen LogP contribution in [-0.2, 0) is 18.3 Å². The molecule has 0 spiro atoms. The molecule has 0 saturated heterocycles. The van der Waals surface area contributed by atoms with Gasteiger partial charge in [0.25, 0.3) is 5.56 Å². The molecule has 146 valence electrons. The average Bonchev–Trinajstić information content (AvgIpc) is 2.93. The van der Waals surface area contributed by atoms with Gasteiger partial charge >= 0.3 is 0 Å². The topological polar surface area (TPSA) is 102 Å². The lowest BCUT2D eigenvalue weighted by molar-refractivity contribution is -0.121. The number of benzene rings is 1. The molecule has 0 radical (unpaired) electrons. The van der Waals surface area contributed by atoms with Gasteiger partial charge in [-0.2, -0.15) is 5.10 Å². The third-order valence-electron chi connectivity index (χ3n) is 4.82. The third-order valence-corrected chi connectivity index (χ3v) is 4.82. The number of H-pyrrole nitrogens is 1. The second-order valence-corrected chi connectivity index (χ2v) is 6.81. The van der Waals surface area contributed by atoms with Crippen molar-refractivity contribution in [3.63, 3.8) is 0 Å². The minimum absolute atomic E-state index is 0.167. The smallest absolute Gasteiger partial charge is 0.262 e. The standard InChI is InChI=1S/C19H20FN5O3/c1-25-18-13(10-21-25)19(27)24-16(23-18)6-7-17(26)22-14-3-2-8-28-15-9-11(20)4-5-12(14)15/h4-5,9-10,14H,2-3,6-8H2,1H3,(H,22,26)(H,23,24,27). The van der Waals surface area contributed by atoms with E-state index in [-0.39, 0.29) is 29.7 Å². The molecule has 0 bridgehead atoms. The van der Waals surface area contributed by atoms with Gasteiger partial charge in [-0.05, 0) is 18.9 Å². The van der Waals surface area contributed by atoms with Crippen molar-refractivity contribution in [3.8, 4) is 5.75 Å². The summed E-state index contributed by atoms with van der Waals surface area (Å²) in [5, 5.41) is 7.42. The lowest BCUT2D eigenvalue weighted by Gasteiger charge is -2.18. The van der Waals surface area contributed by atoms with Crippen LogP contribution >= 0.6 is 0 Å². The van der Waals surface area contributed by atoms with E-state index in [1.807, 2.05) is 0 Å². The third kappa shape index (κ3) is 3.60. The number of aromatic nitrogens is 4. The molecule has 1 unspecified atom stereocenters. The van der Waals surface area contributed by atoms with Gasteiger partial charge in [-0.15, -0.1) is 0 Å². The first-order valence-corrected chi connectivity index (χ1v) is 9.14. The Balaban J connectivity index is 1.45. The predicted octanol–water partition coefficient (Wildman–Crippen LogP) is 1.76. The highest BCUT2D eigenvalue weighted by Crippen LogP contribution is 2.32. The van der Waals surface area contributed by atoms with Crippen LogP contribution in [0.25, 0.3) is 11.0 Å². The number of hydrogen-bond donors (Lipinski definition) is 2. The summed E-state index contributed by atoms with van der Waals surface area (Å²) in [6.45, 7) is 0.485. The van der Waals surface area contributed by atoms with Crippen molar-refractivity contribution in [2.24, 2.45) is 7.05 Å². The molecule has 0 saturated carbocycles. The van der Waals surface area contributed by atoms with Gasteiger partial charge in [0.1, 0.15) is 22.8 Å². The van der Waals surface area contributed by atoms with E-state index in [4.69, 9.17) is 4.74 Å². The molecule has 8 nitrogen and oxygen atoms in total. The fourth-order valence-corrected chi connectivity index (χ4v) is 3.39. The van der Waals surface area contributed by atoms with Crippen molar-refractivity contribution in [3.05, 3.63) is 52.0 Å². The maximum absolute atomic E-state index is 13.5. The van der Waals surface area contributed by atoms with Crippen LogP contribution in [0.4, 0.5) is 4.39 Å². The Hall–Kier alpha value is -3.23. The maximum atomic E-state index is 13.5. The zero-order chi connectivity index (χ0) is 19.7. The van der Waals surface area contributed by atoms with Gasteiger partial charge in [0.2, 0.25) is 5.91 Å². The Morgan fingerprint density at radius 2 is 2.32 bits per heavy atom. The van der Waals surface area contributed by atoms with Crippen molar-refractivity contribution in [2.75, 3.05) is 6.61 Å². The molecule has 1 amide bonds. The molecule has 2 aromatic heterocycles. The minimum Gasteiger partial charge on any atom is -0.493 e. The van der Waals surface area contributed by atoms with Gasteiger partial charge in [0.05, 0.1) is 18.8 Å². The van der Waals surface area contributed by atoms with Crippen LogP contribution in [0.15, 0.2) is 29.2 Å². The number of carbonyl (C=O) groups excluding carboxylic acids is 1. The van der Waals surface area contributed by atoms with Gasteiger partial charge in [0, 0.05) is 31.5 Å². The summed E-state index contributed by atoms with van der Waals surface area (Å²) >= 11 is 0. The maximum Gasteiger partial charge on any atom is 0.262 e. The largest absolute Gasteiger partial charge is 0.493 e. The van der Waals surface area contributed by atoms with E-state index >= 15 is 0 Å². The monoisotopic (exact) mass is 385 g/mol. The molecule has 1 aliphatic heterocycles. The van der Waals surface area contributed by atoms with E-state index in [9.17, 15) is 14.0 Å². The molecule has 3 heterocycles. The summed E-state index contributed by atoms with van der Waals surface area (Å²) in [7, 11) is 1.71. The summed E-state index contributed by atoms with van der Waals surface area (Å²) in [5.74, 6) is 0.361. The SMILES string of the molecule is Cn1ncc2c(=O)[nH]c(CCC(=O)NC3CCCOc4cc(F)ccc43)nc21. The van der Waals surface area contributed by atoms with Crippen LogP contribution in [0.2, 0.25) is 0 Å². The molecule has 1 aromatic carbocycles. The lowest BCUT2D eigenvalue weighted by atomic mass is 10.0. The lowest BCUT2D eigenvalue weighted by Crippen LogP contribution is -2.29. The van der Waals surface area contributed by atoms with E-state index in [0.29, 0.717) is 42.1 Å². The Morgan fingerprint density at radius 3 is 3.18 bits per heavy atom. The van der Waals surface area contributed by atoms with Gasteiger partial charge in [-0.25, -0.2) is 9.37 Å². The number of nitrogens with one attached hydrogen (secondary N) is 2. The van der Waals surface area contributed by atoms with Crippen molar-refractivity contribution in [1.29, 1.82) is 0 Å². The first-order chi connectivity index (χ1) is 13.5. The van der Waals surface area contributed by atoms with E-state index in [2.05, 4.69) is 20.4 Å². The molecular formula is C19H20FN5O3. The number of fused-ring (bicyclic) bond motifs is 2. The highest BCUT2D eigenvalue weighted by Gasteiger charge is 2.22. The number of aryl methyl sites for hydroxylation is 2. The number of rotatable bonds is 4. The first-order valence-electron chi connectivity index (χ1n) is 9.14. The average molecular weight is 385 g/mol. The summed E-state index contributed by atoms with van der Waals surface area (Å²) in [6, 6.07) is 4.12. The van der Waals surface area contributed by atoms with Gasteiger partial charge in [0.15, 0.2) is 5.65 Å². The minimum atomic E-state index is -0.369. The number of aromatic amines is 1. The molecule has 0 fully saturated rings. The van der Waals surface area contributed by atoms with Crippen molar-refractivity contribution >= 4 is 16.9 Å². The number of nitrogens with zero attached hydrogens (tertiary/aromatic N) is 3. The van der Waals surface area contributed by atoms with Crippen LogP contribution in [0.5, 0.6) is 5.75 Å². The molecule has 28 heavy (non-hydrogen) atoms. The first kappa shape index (κ1) is 18.1. The summed E-state index contributed by atoms with van der Waals surface area (Å²) in [6.07, 6.45) is 3.39. The molecular weight excluding hydrogens is 365 g/mol. The number of halogens is 1. The molecule has 1 aliphatic rings. The summed E-state index contributed by atoms with van der Waals surface area (Å²) in [5.41, 5.74) is 0.983. The summed E-state index contributed by atoms with van der Waals surface area (Å²) in [4.78, 5) is 31.6. The quantitative estimate of drug-likeness (QED) is 0.713. The van der Waals surface area contributed by atoms with Crippen LogP contribution in [0, 0.1) is 5.82 Å².